The second-order valence-electron chi connectivity index (χ2n) is 7.58. The highest BCUT2D eigenvalue weighted by molar-refractivity contribution is 7.89. The Morgan fingerprint density at radius 3 is 2.52 bits per heavy atom. The third-order valence-corrected chi connectivity index (χ3v) is 8.01. The normalized spacial score (nSPS) is 32.9. The number of carbonyl (C=O) groups excluding carboxylic acids is 2. The molecule has 2 heterocycles. The summed E-state index contributed by atoms with van der Waals surface area (Å²) in [5.41, 5.74) is 1.86. The van der Waals surface area contributed by atoms with Crippen molar-refractivity contribution in [2.75, 3.05) is 13.2 Å². The van der Waals surface area contributed by atoms with E-state index in [9.17, 15) is 18.0 Å². The van der Waals surface area contributed by atoms with Crippen LogP contribution < -0.4 is 0 Å². The van der Waals surface area contributed by atoms with E-state index in [4.69, 9.17) is 4.74 Å². The van der Waals surface area contributed by atoms with E-state index in [1.54, 1.807) is 24.3 Å². The van der Waals surface area contributed by atoms with Crippen molar-refractivity contribution in [1.82, 2.24) is 4.31 Å². The first-order chi connectivity index (χ1) is 12.8. The van der Waals surface area contributed by atoms with Crippen LogP contribution in [0.4, 0.5) is 0 Å². The molecule has 0 radical (unpaired) electrons. The Morgan fingerprint density at radius 1 is 1.15 bits per heavy atom. The molecule has 2 aliphatic heterocycles. The fourth-order valence-electron chi connectivity index (χ4n) is 4.69. The number of nitrogens with zero attached hydrogens (tertiary/aromatic N) is 1. The zero-order valence-electron chi connectivity index (χ0n) is 15.4. The molecule has 1 saturated carbocycles. The molecule has 0 unspecified atom stereocenters. The van der Waals surface area contributed by atoms with Crippen LogP contribution in [-0.4, -0.2) is 43.7 Å². The van der Waals surface area contributed by atoms with E-state index in [0.29, 0.717) is 12.8 Å². The Hall–Kier alpha value is -1.99. The summed E-state index contributed by atoms with van der Waals surface area (Å²) in [7, 11) is -3.80. The van der Waals surface area contributed by atoms with Crippen molar-refractivity contribution in [3.05, 3.63) is 41.5 Å². The van der Waals surface area contributed by atoms with Gasteiger partial charge in [-0.1, -0.05) is 29.3 Å². The van der Waals surface area contributed by atoms with E-state index in [1.165, 1.54) is 4.31 Å². The molecule has 2 bridgehead atoms. The highest BCUT2D eigenvalue weighted by Gasteiger charge is 2.56. The van der Waals surface area contributed by atoms with Gasteiger partial charge in [-0.3, -0.25) is 9.59 Å². The summed E-state index contributed by atoms with van der Waals surface area (Å²) >= 11 is 0. The third kappa shape index (κ3) is 2.84. The van der Waals surface area contributed by atoms with Gasteiger partial charge in [0.1, 0.15) is 0 Å². The zero-order chi connectivity index (χ0) is 19.3. The molecule has 4 rings (SSSR count). The van der Waals surface area contributed by atoms with Gasteiger partial charge in [-0.15, -0.1) is 0 Å². The summed E-state index contributed by atoms with van der Waals surface area (Å²) in [6.45, 7) is 4.12. The predicted molar refractivity (Wildman–Crippen MR) is 98.3 cm³/mol. The van der Waals surface area contributed by atoms with Crippen LogP contribution in [0, 0.1) is 24.7 Å². The van der Waals surface area contributed by atoms with Crippen LogP contribution in [0.1, 0.15) is 25.3 Å². The number of rotatable bonds is 2. The minimum atomic E-state index is -3.80. The number of hydrogen-bond donors (Lipinski definition) is 0. The summed E-state index contributed by atoms with van der Waals surface area (Å²) in [5.74, 6) is -1.52. The number of piperidine rings is 1. The summed E-state index contributed by atoms with van der Waals surface area (Å²) in [6, 6.07) is 5.97. The molecule has 144 valence electrons. The smallest absolute Gasteiger partial charge is 0.310 e. The van der Waals surface area contributed by atoms with Crippen molar-refractivity contribution in [3.63, 3.8) is 0 Å². The summed E-state index contributed by atoms with van der Waals surface area (Å²) in [4.78, 5) is 25.6. The molecule has 0 aromatic heterocycles. The second-order valence-corrected chi connectivity index (χ2v) is 9.47. The molecule has 3 aliphatic rings. The number of ether oxygens (including phenoxy) is 1. The highest BCUT2D eigenvalue weighted by Crippen LogP contribution is 2.47. The van der Waals surface area contributed by atoms with Gasteiger partial charge in [0.05, 0.1) is 23.5 Å². The highest BCUT2D eigenvalue weighted by atomic mass is 32.2. The Labute approximate surface area is 159 Å². The fourth-order valence-corrected chi connectivity index (χ4v) is 6.29. The minimum Gasteiger partial charge on any atom is -0.465 e. The lowest BCUT2D eigenvalue weighted by molar-refractivity contribution is -0.167. The van der Waals surface area contributed by atoms with Gasteiger partial charge in [-0.2, -0.15) is 4.31 Å². The lowest BCUT2D eigenvalue weighted by Crippen LogP contribution is -2.61. The van der Waals surface area contributed by atoms with Gasteiger partial charge < -0.3 is 4.74 Å². The van der Waals surface area contributed by atoms with Crippen molar-refractivity contribution in [3.8, 4) is 0 Å². The lowest BCUT2D eigenvalue weighted by atomic mass is 9.63. The topological polar surface area (TPSA) is 80.8 Å². The average molecular weight is 389 g/mol. The van der Waals surface area contributed by atoms with E-state index >= 15 is 0 Å². The molecule has 7 heteroatoms. The first-order valence-electron chi connectivity index (χ1n) is 9.28. The first-order valence-corrected chi connectivity index (χ1v) is 10.7. The van der Waals surface area contributed by atoms with E-state index in [2.05, 4.69) is 0 Å². The van der Waals surface area contributed by atoms with Crippen LogP contribution >= 0.6 is 0 Å². The molecule has 1 aliphatic carbocycles. The summed E-state index contributed by atoms with van der Waals surface area (Å²) in [6.07, 6.45) is 2.70. The Balaban J connectivity index is 1.75. The van der Waals surface area contributed by atoms with Gasteiger partial charge in [0.15, 0.2) is 5.78 Å². The average Bonchev–Trinajstić information content (AvgIpc) is 2.66. The number of aryl methyl sites for hydroxylation is 1. The van der Waals surface area contributed by atoms with Crippen LogP contribution in [0.3, 0.4) is 0 Å². The van der Waals surface area contributed by atoms with E-state index < -0.39 is 27.9 Å². The van der Waals surface area contributed by atoms with Gasteiger partial charge in [-0.05, 0) is 44.7 Å². The van der Waals surface area contributed by atoms with E-state index in [1.807, 2.05) is 19.9 Å². The number of carbonyl (C=O) groups is 2. The summed E-state index contributed by atoms with van der Waals surface area (Å²) < 4.78 is 33.1. The molecule has 3 fully saturated rings. The largest absolute Gasteiger partial charge is 0.465 e. The molecule has 0 amide bonds. The lowest BCUT2D eigenvalue weighted by Gasteiger charge is -2.49. The van der Waals surface area contributed by atoms with Gasteiger partial charge in [0, 0.05) is 12.5 Å². The Morgan fingerprint density at radius 2 is 1.85 bits per heavy atom. The molecule has 0 N–H and O–H groups in total. The van der Waals surface area contributed by atoms with Crippen LogP contribution in [0.15, 0.2) is 40.8 Å². The van der Waals surface area contributed by atoms with Crippen molar-refractivity contribution in [1.29, 1.82) is 0 Å². The molecule has 27 heavy (non-hydrogen) atoms. The molecular formula is C20H23NO5S. The number of benzene rings is 1. The number of fused-ring (bicyclic) bond motifs is 4. The summed E-state index contributed by atoms with van der Waals surface area (Å²) in [5, 5.41) is 0. The molecule has 1 aromatic rings. The van der Waals surface area contributed by atoms with Crippen molar-refractivity contribution in [2.45, 2.75) is 37.6 Å². The monoisotopic (exact) mass is 389 g/mol. The number of allylic oxidation sites excluding steroid dienone is 1. The fraction of sp³-hybridized carbons (Fsp3) is 0.500. The number of esters is 1. The van der Waals surface area contributed by atoms with Crippen LogP contribution in [0.5, 0.6) is 0 Å². The SMILES string of the molecule is C/C=C1/CN(S(=O)(=O)c2ccc(C)cc2)[C@H]2C[C@H]1[C@H]1C(=O)OCC[C@@H]1C2=O. The number of ketones is 1. The molecule has 4 atom stereocenters. The first kappa shape index (κ1) is 18.4. The molecule has 6 nitrogen and oxygen atoms in total. The number of hydrogen-bond acceptors (Lipinski definition) is 5. The Kier molecular flexibility index (Phi) is 4.47. The molecule has 1 aromatic carbocycles. The van der Waals surface area contributed by atoms with Gasteiger partial charge in [0.2, 0.25) is 10.0 Å². The zero-order valence-corrected chi connectivity index (χ0v) is 16.2. The predicted octanol–water partition coefficient (Wildman–Crippen LogP) is 2.08. The second kappa shape index (κ2) is 6.56. The van der Waals surface area contributed by atoms with E-state index in [0.717, 1.165) is 11.1 Å². The van der Waals surface area contributed by atoms with Crippen LogP contribution in [0.25, 0.3) is 0 Å². The maximum absolute atomic E-state index is 13.3. The third-order valence-electron chi connectivity index (χ3n) is 6.14. The van der Waals surface area contributed by atoms with Gasteiger partial charge >= 0.3 is 5.97 Å². The van der Waals surface area contributed by atoms with Crippen LogP contribution in [0.2, 0.25) is 0 Å². The maximum Gasteiger partial charge on any atom is 0.310 e. The Bertz CT molecular complexity index is 918. The van der Waals surface area contributed by atoms with Crippen LogP contribution in [-0.2, 0) is 24.3 Å². The molecular weight excluding hydrogens is 366 g/mol. The molecule has 0 spiro atoms. The number of cyclic esters (lactones) is 1. The standard InChI is InChI=1S/C20H23NO5S/c1-3-13-11-21(27(24,25)14-6-4-12(2)5-7-14)17-10-16(13)18-15(19(17)22)8-9-26-20(18)23/h3-7,15-18H,8-11H2,1-2H3/b13-3-/t15-,16+,17-,18-/m0/s1. The minimum absolute atomic E-state index is 0.125. The quantitative estimate of drug-likeness (QED) is 0.571. The van der Waals surface area contributed by atoms with Gasteiger partial charge in [0.25, 0.3) is 0 Å². The molecule has 2 saturated heterocycles. The number of Topliss-reactive ketones (excluding diaryl/α,β-unsaturated/α-hetero) is 1. The van der Waals surface area contributed by atoms with Crippen molar-refractivity contribution < 1.29 is 22.7 Å². The number of sulfonamides is 1. The van der Waals surface area contributed by atoms with E-state index in [-0.39, 0.29) is 35.7 Å². The van der Waals surface area contributed by atoms with Crippen molar-refractivity contribution >= 4 is 21.8 Å². The maximum atomic E-state index is 13.3. The van der Waals surface area contributed by atoms with Crippen molar-refractivity contribution in [2.24, 2.45) is 17.8 Å². The van der Waals surface area contributed by atoms with Gasteiger partial charge in [-0.25, -0.2) is 8.42 Å².